The molecule has 4 heteroatoms. The van der Waals surface area contributed by atoms with Gasteiger partial charge in [-0.15, -0.1) is 0 Å². The largest absolute Gasteiger partial charge is 0.444 e. The highest BCUT2D eigenvalue weighted by molar-refractivity contribution is 6.30. The summed E-state index contributed by atoms with van der Waals surface area (Å²) in [7, 11) is 1.79. The molecule has 1 heterocycles. The second kappa shape index (κ2) is 5.16. The number of para-hydroxylation sites is 1. The lowest BCUT2D eigenvalue weighted by Gasteiger charge is -2.40. The van der Waals surface area contributed by atoms with Crippen molar-refractivity contribution in [2.24, 2.45) is 0 Å². The molecule has 19 heavy (non-hydrogen) atoms. The number of rotatable bonds is 5. The van der Waals surface area contributed by atoms with E-state index < -0.39 is 0 Å². The third-order valence-corrected chi connectivity index (χ3v) is 4.40. The zero-order chi connectivity index (χ0) is 13.3. The summed E-state index contributed by atoms with van der Waals surface area (Å²) in [5.74, 6) is 0. The minimum atomic E-state index is 0.0337. The maximum atomic E-state index is 6.16. The van der Waals surface area contributed by atoms with E-state index in [0.717, 1.165) is 35.9 Å². The van der Waals surface area contributed by atoms with Gasteiger partial charge in [-0.25, -0.2) is 0 Å². The van der Waals surface area contributed by atoms with E-state index in [1.165, 1.54) is 6.42 Å². The van der Waals surface area contributed by atoms with E-state index in [9.17, 15) is 0 Å². The first-order chi connectivity index (χ1) is 9.24. The molecular weight excluding hydrogens is 262 g/mol. The Bertz CT molecular complexity index is 569. The predicted molar refractivity (Wildman–Crippen MR) is 76.5 cm³/mol. The first kappa shape index (κ1) is 13.0. The summed E-state index contributed by atoms with van der Waals surface area (Å²) in [6.45, 7) is 1.57. The lowest BCUT2D eigenvalue weighted by molar-refractivity contribution is -0.0695. The van der Waals surface area contributed by atoms with Gasteiger partial charge in [0.2, 0.25) is 0 Å². The van der Waals surface area contributed by atoms with Gasteiger partial charge < -0.3 is 14.5 Å². The van der Waals surface area contributed by atoms with Crippen molar-refractivity contribution in [1.29, 1.82) is 0 Å². The van der Waals surface area contributed by atoms with Crippen molar-refractivity contribution < 1.29 is 9.15 Å². The monoisotopic (exact) mass is 279 g/mol. The highest BCUT2D eigenvalue weighted by Gasteiger charge is 2.36. The number of hydrogen-bond donors (Lipinski definition) is 1. The molecule has 0 bridgehead atoms. The molecule has 0 atom stereocenters. The third kappa shape index (κ3) is 2.38. The molecule has 0 radical (unpaired) electrons. The summed E-state index contributed by atoms with van der Waals surface area (Å²) in [5, 5.41) is 5.01. The first-order valence-electron chi connectivity index (χ1n) is 6.66. The van der Waals surface area contributed by atoms with E-state index in [1.54, 1.807) is 7.11 Å². The van der Waals surface area contributed by atoms with Crippen LogP contribution in [0, 0.1) is 0 Å². The van der Waals surface area contributed by atoms with Crippen molar-refractivity contribution in [3.63, 3.8) is 0 Å². The molecule has 1 saturated carbocycles. The number of fused-ring (bicyclic) bond motifs is 1. The minimum absolute atomic E-state index is 0.0337. The molecule has 1 fully saturated rings. The molecule has 3 nitrogen and oxygen atoms in total. The minimum Gasteiger partial charge on any atom is -0.444 e. The number of benzene rings is 1. The molecule has 1 aromatic carbocycles. The van der Waals surface area contributed by atoms with Crippen LogP contribution in [0.3, 0.4) is 0 Å². The topological polar surface area (TPSA) is 34.4 Å². The molecule has 0 aliphatic heterocycles. The summed E-state index contributed by atoms with van der Waals surface area (Å²) < 4.78 is 11.1. The molecule has 2 aromatic rings. The van der Waals surface area contributed by atoms with E-state index >= 15 is 0 Å². The van der Waals surface area contributed by atoms with Crippen LogP contribution in [0.15, 0.2) is 28.7 Å². The van der Waals surface area contributed by atoms with Crippen LogP contribution in [0.1, 0.15) is 24.8 Å². The molecule has 0 amide bonds. The van der Waals surface area contributed by atoms with Gasteiger partial charge in [-0.1, -0.05) is 18.2 Å². The van der Waals surface area contributed by atoms with Crippen LogP contribution in [0.4, 0.5) is 0 Å². The van der Waals surface area contributed by atoms with E-state index in [1.807, 2.05) is 24.3 Å². The van der Waals surface area contributed by atoms with Gasteiger partial charge in [-0.05, 0) is 36.9 Å². The van der Waals surface area contributed by atoms with Crippen molar-refractivity contribution in [2.75, 3.05) is 13.7 Å². The average molecular weight is 280 g/mol. The normalized spacial score (nSPS) is 17.6. The van der Waals surface area contributed by atoms with Crippen molar-refractivity contribution in [2.45, 2.75) is 31.4 Å². The van der Waals surface area contributed by atoms with Crippen molar-refractivity contribution in [3.8, 4) is 0 Å². The zero-order valence-electron chi connectivity index (χ0n) is 11.0. The fraction of sp³-hybridized carbons (Fsp3) is 0.467. The number of furan rings is 1. The summed E-state index contributed by atoms with van der Waals surface area (Å²) in [6, 6.07) is 7.93. The lowest BCUT2D eigenvalue weighted by atomic mass is 9.80. The molecule has 102 valence electrons. The van der Waals surface area contributed by atoms with Crippen molar-refractivity contribution in [1.82, 2.24) is 5.32 Å². The first-order valence-corrected chi connectivity index (χ1v) is 7.04. The van der Waals surface area contributed by atoms with Gasteiger partial charge in [-0.2, -0.15) is 0 Å². The highest BCUT2D eigenvalue weighted by atomic mass is 35.5. The Kier molecular flexibility index (Phi) is 3.52. The van der Waals surface area contributed by atoms with Crippen LogP contribution in [0.25, 0.3) is 11.0 Å². The molecular formula is C15H18ClNO2. The molecule has 0 saturated heterocycles. The highest BCUT2D eigenvalue weighted by Crippen LogP contribution is 2.35. The van der Waals surface area contributed by atoms with Gasteiger partial charge in [0.15, 0.2) is 5.22 Å². The Morgan fingerprint density at radius 3 is 2.84 bits per heavy atom. The maximum absolute atomic E-state index is 6.16. The second-order valence-corrected chi connectivity index (χ2v) is 5.54. The zero-order valence-corrected chi connectivity index (χ0v) is 11.8. The lowest BCUT2D eigenvalue weighted by Crippen LogP contribution is -2.47. The Labute approximate surface area is 117 Å². The Morgan fingerprint density at radius 1 is 1.37 bits per heavy atom. The predicted octanol–water partition coefficient (Wildman–Crippen LogP) is 3.74. The van der Waals surface area contributed by atoms with E-state index in [4.69, 9.17) is 20.8 Å². The van der Waals surface area contributed by atoms with Crippen molar-refractivity contribution in [3.05, 3.63) is 35.0 Å². The molecule has 3 rings (SSSR count). The summed E-state index contributed by atoms with van der Waals surface area (Å²) in [5.41, 5.74) is 1.91. The molecule has 1 N–H and O–H groups in total. The third-order valence-electron chi connectivity index (χ3n) is 4.10. The van der Waals surface area contributed by atoms with Gasteiger partial charge in [0.05, 0.1) is 5.60 Å². The smallest absolute Gasteiger partial charge is 0.199 e. The van der Waals surface area contributed by atoms with E-state index in [0.29, 0.717) is 11.8 Å². The van der Waals surface area contributed by atoms with Gasteiger partial charge in [0.1, 0.15) is 5.58 Å². The second-order valence-electron chi connectivity index (χ2n) is 5.19. The van der Waals surface area contributed by atoms with Crippen LogP contribution < -0.4 is 5.32 Å². The SMILES string of the molecule is COC1(CNCc2c(Cl)oc3ccccc23)CCC1. The Morgan fingerprint density at radius 2 is 2.16 bits per heavy atom. The van der Waals surface area contributed by atoms with Crippen LogP contribution in [-0.2, 0) is 11.3 Å². The number of hydrogen-bond acceptors (Lipinski definition) is 3. The Hall–Kier alpha value is -1.03. The van der Waals surface area contributed by atoms with Crippen LogP contribution >= 0.6 is 11.6 Å². The fourth-order valence-electron chi connectivity index (χ4n) is 2.67. The van der Waals surface area contributed by atoms with Crippen LogP contribution in [-0.4, -0.2) is 19.3 Å². The maximum Gasteiger partial charge on any atom is 0.199 e. The molecule has 0 spiro atoms. The quantitative estimate of drug-likeness (QED) is 0.905. The fourth-order valence-corrected chi connectivity index (χ4v) is 2.92. The van der Waals surface area contributed by atoms with E-state index in [2.05, 4.69) is 5.32 Å². The number of ether oxygens (including phenoxy) is 1. The van der Waals surface area contributed by atoms with Gasteiger partial charge in [0.25, 0.3) is 0 Å². The van der Waals surface area contributed by atoms with Gasteiger partial charge in [-0.3, -0.25) is 0 Å². The summed E-state index contributed by atoms with van der Waals surface area (Å²) in [6.07, 6.45) is 3.53. The molecule has 1 aliphatic rings. The van der Waals surface area contributed by atoms with Crippen molar-refractivity contribution >= 4 is 22.6 Å². The summed E-state index contributed by atoms with van der Waals surface area (Å²) in [4.78, 5) is 0. The van der Waals surface area contributed by atoms with Gasteiger partial charge in [0, 0.05) is 31.1 Å². The standard InChI is InChI=1S/C15H18ClNO2/c1-18-15(7-4-8-15)10-17-9-12-11-5-2-3-6-13(11)19-14(12)16/h2-3,5-6,17H,4,7-10H2,1H3. The molecule has 1 aliphatic carbocycles. The van der Waals surface area contributed by atoms with Gasteiger partial charge >= 0.3 is 0 Å². The van der Waals surface area contributed by atoms with Crippen LogP contribution in [0.5, 0.6) is 0 Å². The van der Waals surface area contributed by atoms with E-state index in [-0.39, 0.29) is 5.60 Å². The van der Waals surface area contributed by atoms with Crippen LogP contribution in [0.2, 0.25) is 5.22 Å². The number of methoxy groups -OCH3 is 1. The Balaban J connectivity index is 1.70. The molecule has 0 unspecified atom stereocenters. The average Bonchev–Trinajstić information content (AvgIpc) is 2.69. The molecule has 1 aromatic heterocycles. The summed E-state index contributed by atoms with van der Waals surface area (Å²) >= 11 is 6.16. The number of halogens is 1. The number of nitrogens with one attached hydrogen (secondary N) is 1.